The van der Waals surface area contributed by atoms with Gasteiger partial charge in [0, 0.05) is 36.0 Å². The van der Waals surface area contributed by atoms with Gasteiger partial charge in [0.05, 0.1) is 0 Å². The van der Waals surface area contributed by atoms with E-state index in [4.69, 9.17) is 0 Å². The first-order valence-electron chi connectivity index (χ1n) is 8.34. The summed E-state index contributed by atoms with van der Waals surface area (Å²) in [5.74, 6) is -0.347. The summed E-state index contributed by atoms with van der Waals surface area (Å²) in [6, 6.07) is 9.22. The highest BCUT2D eigenvalue weighted by molar-refractivity contribution is 6.60. The number of pyridine rings is 1. The molecule has 1 amide bonds. The fourth-order valence-electron chi connectivity index (χ4n) is 2.66. The Balaban J connectivity index is 1.85. The Hall–Kier alpha value is -2.71. The van der Waals surface area contributed by atoms with Gasteiger partial charge in [-0.15, -0.1) is 0 Å². The van der Waals surface area contributed by atoms with Crippen LogP contribution in [0.3, 0.4) is 0 Å². The number of aryl methyl sites for hydroxylation is 1. The van der Waals surface area contributed by atoms with Crippen LogP contribution in [-0.2, 0) is 6.54 Å². The number of nitrogens with one attached hydrogen (secondary N) is 1. The van der Waals surface area contributed by atoms with E-state index in [1.807, 2.05) is 13.0 Å². The lowest BCUT2D eigenvalue weighted by atomic mass is 9.77. The molecule has 0 spiro atoms. The Morgan fingerprint density at radius 2 is 2.00 bits per heavy atom. The van der Waals surface area contributed by atoms with E-state index in [0.717, 1.165) is 12.1 Å². The van der Waals surface area contributed by atoms with Crippen molar-refractivity contribution in [3.8, 4) is 0 Å². The molecule has 26 heavy (non-hydrogen) atoms. The van der Waals surface area contributed by atoms with E-state index in [2.05, 4.69) is 5.32 Å². The van der Waals surface area contributed by atoms with Gasteiger partial charge in [-0.05, 0) is 43.4 Å². The molecule has 1 aromatic carbocycles. The summed E-state index contributed by atoms with van der Waals surface area (Å²) < 4.78 is 1.69. The Morgan fingerprint density at radius 3 is 2.65 bits per heavy atom. The lowest BCUT2D eigenvalue weighted by molar-refractivity contribution is 0.0953. The molecule has 0 bridgehead atoms. The molecule has 1 heterocycles. The predicted octanol–water partition coefficient (Wildman–Crippen LogP) is -0.141. The van der Waals surface area contributed by atoms with Gasteiger partial charge in [0.1, 0.15) is 6.29 Å². The van der Waals surface area contributed by atoms with Crippen molar-refractivity contribution in [3.63, 3.8) is 0 Å². The van der Waals surface area contributed by atoms with E-state index in [1.54, 1.807) is 10.6 Å². The molecule has 0 fully saturated rings. The van der Waals surface area contributed by atoms with E-state index < -0.39 is 7.12 Å². The Morgan fingerprint density at radius 1 is 1.23 bits per heavy atom. The van der Waals surface area contributed by atoms with Crippen LogP contribution in [0.15, 0.2) is 41.2 Å². The largest absolute Gasteiger partial charge is 0.489 e. The number of carbonyl (C=O) groups excluding carboxylic acids is 2. The van der Waals surface area contributed by atoms with Crippen LogP contribution < -0.4 is 16.3 Å². The number of hydrogen-bond acceptors (Lipinski definition) is 5. The van der Waals surface area contributed by atoms with Crippen molar-refractivity contribution in [1.29, 1.82) is 0 Å². The first-order chi connectivity index (χ1) is 12.4. The van der Waals surface area contributed by atoms with Gasteiger partial charge >= 0.3 is 7.12 Å². The second-order valence-corrected chi connectivity index (χ2v) is 5.96. The highest BCUT2D eigenvalue weighted by Gasteiger charge is 2.17. The van der Waals surface area contributed by atoms with E-state index in [-0.39, 0.29) is 28.1 Å². The van der Waals surface area contributed by atoms with Gasteiger partial charge in [-0.25, -0.2) is 0 Å². The molecule has 0 saturated heterocycles. The predicted molar refractivity (Wildman–Crippen MR) is 98.7 cm³/mol. The number of aldehydes is 1. The van der Waals surface area contributed by atoms with Crippen LogP contribution in [0.1, 0.15) is 39.3 Å². The van der Waals surface area contributed by atoms with Crippen molar-refractivity contribution in [3.05, 3.63) is 63.6 Å². The average Bonchev–Trinajstić information content (AvgIpc) is 2.62. The second-order valence-electron chi connectivity index (χ2n) is 5.96. The smallest absolute Gasteiger partial charge is 0.423 e. The maximum atomic E-state index is 12.1. The van der Waals surface area contributed by atoms with Crippen LogP contribution in [0.2, 0.25) is 0 Å². The van der Waals surface area contributed by atoms with Gasteiger partial charge in [-0.2, -0.15) is 0 Å². The molecular formula is C18H21BN2O5. The zero-order chi connectivity index (χ0) is 19.1. The van der Waals surface area contributed by atoms with Gasteiger partial charge in [-0.3, -0.25) is 14.4 Å². The minimum atomic E-state index is -1.77. The molecule has 0 saturated carbocycles. The van der Waals surface area contributed by atoms with Crippen molar-refractivity contribution >= 4 is 24.8 Å². The monoisotopic (exact) mass is 356 g/mol. The molecule has 2 rings (SSSR count). The number of benzene rings is 1. The Labute approximate surface area is 151 Å². The van der Waals surface area contributed by atoms with E-state index >= 15 is 0 Å². The first-order valence-corrected chi connectivity index (χ1v) is 8.34. The third-order valence-electron chi connectivity index (χ3n) is 4.12. The summed E-state index contributed by atoms with van der Waals surface area (Å²) >= 11 is 0. The summed E-state index contributed by atoms with van der Waals surface area (Å²) in [5, 5.41) is 21.1. The minimum absolute atomic E-state index is 0.0402. The molecule has 0 aliphatic rings. The molecule has 8 heteroatoms. The van der Waals surface area contributed by atoms with Crippen molar-refractivity contribution in [2.45, 2.75) is 26.3 Å². The van der Waals surface area contributed by atoms with Crippen LogP contribution in [0.25, 0.3) is 0 Å². The quantitative estimate of drug-likeness (QED) is 0.347. The number of carbonyl (C=O) groups is 2. The van der Waals surface area contributed by atoms with Crippen LogP contribution in [0.5, 0.6) is 0 Å². The fraction of sp³-hybridized carbons (Fsp3) is 0.278. The topological polar surface area (TPSA) is 109 Å². The van der Waals surface area contributed by atoms with Crippen LogP contribution in [0.4, 0.5) is 0 Å². The number of rotatable bonds is 8. The number of amides is 1. The van der Waals surface area contributed by atoms with Gasteiger partial charge in [-0.1, -0.05) is 12.1 Å². The highest BCUT2D eigenvalue weighted by Crippen LogP contribution is 2.03. The summed E-state index contributed by atoms with van der Waals surface area (Å²) in [6.45, 7) is 2.89. The zero-order valence-corrected chi connectivity index (χ0v) is 14.5. The summed E-state index contributed by atoms with van der Waals surface area (Å²) in [4.78, 5) is 34.9. The maximum absolute atomic E-state index is 12.1. The van der Waals surface area contributed by atoms with E-state index in [9.17, 15) is 24.4 Å². The number of hydrogen-bond donors (Lipinski definition) is 3. The second kappa shape index (κ2) is 9.12. The van der Waals surface area contributed by atoms with Gasteiger partial charge in [0.2, 0.25) is 0 Å². The van der Waals surface area contributed by atoms with Crippen LogP contribution >= 0.6 is 0 Å². The molecule has 0 atom stereocenters. The Kier molecular flexibility index (Phi) is 6.88. The Bertz CT molecular complexity index is 848. The highest BCUT2D eigenvalue weighted by atomic mass is 16.4. The summed E-state index contributed by atoms with van der Waals surface area (Å²) in [7, 11) is -1.77. The molecule has 136 valence electrons. The van der Waals surface area contributed by atoms with Gasteiger partial charge < -0.3 is 19.9 Å². The molecular weight excluding hydrogens is 335 g/mol. The average molecular weight is 356 g/mol. The van der Waals surface area contributed by atoms with Crippen molar-refractivity contribution < 1.29 is 19.6 Å². The van der Waals surface area contributed by atoms with E-state index in [0.29, 0.717) is 25.8 Å². The number of aromatic nitrogens is 1. The SMILES string of the molecule is Cc1cccc(=O)n1CCCCNC(=O)c1ccc(B(O)O)c(C=O)c1. The lowest BCUT2D eigenvalue weighted by Gasteiger charge is -2.10. The molecule has 0 aliphatic heterocycles. The normalized spacial score (nSPS) is 10.4. The lowest BCUT2D eigenvalue weighted by Crippen LogP contribution is -2.34. The zero-order valence-electron chi connectivity index (χ0n) is 14.5. The molecule has 7 nitrogen and oxygen atoms in total. The first kappa shape index (κ1) is 19.6. The number of unbranched alkanes of at least 4 members (excludes halogenated alkanes) is 1. The van der Waals surface area contributed by atoms with Crippen molar-refractivity contribution in [1.82, 2.24) is 9.88 Å². The van der Waals surface area contributed by atoms with Crippen LogP contribution in [-0.4, -0.2) is 40.5 Å². The third kappa shape index (κ3) is 4.90. The maximum Gasteiger partial charge on any atom is 0.489 e. The third-order valence-corrected chi connectivity index (χ3v) is 4.12. The molecule has 0 unspecified atom stereocenters. The molecule has 2 aromatic rings. The van der Waals surface area contributed by atoms with Gasteiger partial charge in [0.15, 0.2) is 0 Å². The molecule has 1 aromatic heterocycles. The molecule has 3 N–H and O–H groups in total. The fourth-order valence-corrected chi connectivity index (χ4v) is 2.66. The molecule has 0 aliphatic carbocycles. The number of nitrogens with zero attached hydrogens (tertiary/aromatic N) is 1. The van der Waals surface area contributed by atoms with Crippen LogP contribution in [0, 0.1) is 6.92 Å². The summed E-state index contributed by atoms with van der Waals surface area (Å²) in [5.41, 5.74) is 1.24. The standard InChI is InChI=1S/C18H21BN2O5/c1-13-5-4-6-17(23)21(13)10-3-2-9-20-18(24)14-7-8-16(19(25)26)15(11-14)12-22/h4-8,11-12,25-26H,2-3,9-10H2,1H3,(H,20,24). The van der Waals surface area contributed by atoms with E-state index in [1.165, 1.54) is 24.3 Å². The minimum Gasteiger partial charge on any atom is -0.423 e. The summed E-state index contributed by atoms with van der Waals surface area (Å²) in [6.07, 6.45) is 1.91. The van der Waals surface area contributed by atoms with Crippen molar-refractivity contribution in [2.24, 2.45) is 0 Å². The molecule has 0 radical (unpaired) electrons. The van der Waals surface area contributed by atoms with Gasteiger partial charge in [0.25, 0.3) is 11.5 Å². The van der Waals surface area contributed by atoms with Crippen molar-refractivity contribution in [2.75, 3.05) is 6.54 Å².